The normalized spacial score (nSPS) is 26.0. The minimum atomic E-state index is -0.739. The molecule has 0 saturated heterocycles. The van der Waals surface area contributed by atoms with E-state index >= 15 is 0 Å². The van der Waals surface area contributed by atoms with Gasteiger partial charge in [0.2, 0.25) is 5.91 Å². The lowest BCUT2D eigenvalue weighted by Gasteiger charge is -2.35. The van der Waals surface area contributed by atoms with Gasteiger partial charge in [-0.05, 0) is 42.5 Å². The van der Waals surface area contributed by atoms with E-state index in [-0.39, 0.29) is 5.91 Å². The van der Waals surface area contributed by atoms with Gasteiger partial charge in [0.15, 0.2) is 0 Å². The molecule has 2 N–H and O–H groups in total. The van der Waals surface area contributed by atoms with E-state index < -0.39 is 5.60 Å². The molecule has 0 aromatic heterocycles. The quantitative estimate of drug-likeness (QED) is 0.815. The van der Waals surface area contributed by atoms with Gasteiger partial charge in [0.05, 0.1) is 5.60 Å². The van der Waals surface area contributed by atoms with Crippen LogP contribution in [0.1, 0.15) is 38.2 Å². The second-order valence-corrected chi connectivity index (χ2v) is 6.95. The number of nitrogens with one attached hydrogen (secondary N) is 1. The van der Waals surface area contributed by atoms with Crippen molar-refractivity contribution in [2.24, 2.45) is 5.92 Å². The van der Waals surface area contributed by atoms with Crippen LogP contribution in [0.2, 0.25) is 0 Å². The average Bonchev–Trinajstić information content (AvgIpc) is 2.43. The number of rotatable bonds is 4. The van der Waals surface area contributed by atoms with Crippen molar-refractivity contribution in [2.75, 3.05) is 6.54 Å². The number of halogens is 1. The summed E-state index contributed by atoms with van der Waals surface area (Å²) in [5.74, 6) is 0.361. The van der Waals surface area contributed by atoms with Gasteiger partial charge in [-0.1, -0.05) is 47.8 Å². The highest BCUT2D eigenvalue weighted by Gasteiger charge is 2.32. The molecular formula is C17H22BrNO2. The largest absolute Gasteiger partial charge is 0.388 e. The minimum Gasteiger partial charge on any atom is -0.388 e. The Hall–Kier alpha value is -1.13. The van der Waals surface area contributed by atoms with Crippen LogP contribution in [-0.4, -0.2) is 23.2 Å². The van der Waals surface area contributed by atoms with Gasteiger partial charge in [-0.25, -0.2) is 0 Å². The molecule has 1 aliphatic rings. The molecule has 114 valence electrons. The number of benzene rings is 1. The third-order valence-electron chi connectivity index (χ3n) is 3.93. The number of carbonyl (C=O) groups is 1. The number of hydrogen-bond acceptors (Lipinski definition) is 2. The van der Waals surface area contributed by atoms with Crippen molar-refractivity contribution in [3.8, 4) is 0 Å². The summed E-state index contributed by atoms with van der Waals surface area (Å²) in [7, 11) is 0. The van der Waals surface area contributed by atoms with E-state index in [0.717, 1.165) is 29.3 Å². The molecule has 21 heavy (non-hydrogen) atoms. The highest BCUT2D eigenvalue weighted by molar-refractivity contribution is 9.10. The molecule has 2 atom stereocenters. The number of aliphatic hydroxyl groups is 1. The van der Waals surface area contributed by atoms with Gasteiger partial charge in [-0.15, -0.1) is 0 Å². The fraction of sp³-hybridized carbons (Fsp3) is 0.471. The van der Waals surface area contributed by atoms with E-state index in [1.807, 2.05) is 24.3 Å². The van der Waals surface area contributed by atoms with E-state index in [2.05, 4.69) is 28.2 Å². The lowest BCUT2D eigenvalue weighted by molar-refractivity contribution is -0.118. The predicted octanol–water partition coefficient (Wildman–Crippen LogP) is 3.52. The molecule has 1 fully saturated rings. The molecule has 0 aliphatic heterocycles. The van der Waals surface area contributed by atoms with Crippen molar-refractivity contribution in [3.63, 3.8) is 0 Å². The van der Waals surface area contributed by atoms with Gasteiger partial charge in [0.25, 0.3) is 0 Å². The van der Waals surface area contributed by atoms with Crippen LogP contribution in [0.3, 0.4) is 0 Å². The van der Waals surface area contributed by atoms with Crippen LogP contribution in [0.25, 0.3) is 6.08 Å². The van der Waals surface area contributed by atoms with Crippen molar-refractivity contribution in [2.45, 2.75) is 38.2 Å². The van der Waals surface area contributed by atoms with Gasteiger partial charge in [-0.3, -0.25) is 4.79 Å². The van der Waals surface area contributed by atoms with Crippen LogP contribution in [0.5, 0.6) is 0 Å². The number of amides is 1. The first-order chi connectivity index (χ1) is 9.97. The Balaban J connectivity index is 1.84. The molecule has 0 radical (unpaired) electrons. The maximum atomic E-state index is 11.8. The fourth-order valence-corrected chi connectivity index (χ4v) is 3.30. The lowest BCUT2D eigenvalue weighted by Crippen LogP contribution is -2.45. The Kier molecular flexibility index (Phi) is 5.59. The van der Waals surface area contributed by atoms with Crippen LogP contribution < -0.4 is 5.32 Å². The van der Waals surface area contributed by atoms with Gasteiger partial charge in [0.1, 0.15) is 0 Å². The van der Waals surface area contributed by atoms with Crippen molar-refractivity contribution in [3.05, 3.63) is 40.4 Å². The van der Waals surface area contributed by atoms with Crippen LogP contribution in [0.15, 0.2) is 34.8 Å². The Morgan fingerprint density at radius 1 is 1.57 bits per heavy atom. The van der Waals surface area contributed by atoms with Crippen LogP contribution in [0.4, 0.5) is 0 Å². The zero-order chi connectivity index (χ0) is 15.3. The van der Waals surface area contributed by atoms with Crippen LogP contribution in [0, 0.1) is 5.92 Å². The number of carbonyl (C=O) groups excluding carboxylic acids is 1. The molecule has 2 rings (SSSR count). The molecule has 3 nitrogen and oxygen atoms in total. The van der Waals surface area contributed by atoms with E-state index in [1.165, 1.54) is 12.5 Å². The molecule has 1 amide bonds. The highest BCUT2D eigenvalue weighted by atomic mass is 79.9. The Labute approximate surface area is 134 Å². The molecule has 4 heteroatoms. The molecule has 2 unspecified atom stereocenters. The smallest absolute Gasteiger partial charge is 0.244 e. The molecule has 1 aromatic carbocycles. The zero-order valence-electron chi connectivity index (χ0n) is 12.3. The first-order valence-corrected chi connectivity index (χ1v) is 8.20. The Morgan fingerprint density at radius 3 is 3.10 bits per heavy atom. The van der Waals surface area contributed by atoms with E-state index in [4.69, 9.17) is 0 Å². The molecule has 0 heterocycles. The van der Waals surface area contributed by atoms with E-state index in [9.17, 15) is 9.90 Å². The first-order valence-electron chi connectivity index (χ1n) is 7.41. The third kappa shape index (κ3) is 5.29. The summed E-state index contributed by atoms with van der Waals surface area (Å²) < 4.78 is 0.982. The summed E-state index contributed by atoms with van der Waals surface area (Å²) in [5, 5.41) is 13.3. The monoisotopic (exact) mass is 351 g/mol. The van der Waals surface area contributed by atoms with Crippen molar-refractivity contribution < 1.29 is 9.90 Å². The molecule has 1 aromatic rings. The SMILES string of the molecule is CC1CCCC(O)(CNC(=O)C=Cc2cccc(Br)c2)C1. The van der Waals surface area contributed by atoms with Crippen molar-refractivity contribution in [1.82, 2.24) is 5.32 Å². The summed E-state index contributed by atoms with van der Waals surface area (Å²) in [6.07, 6.45) is 7.01. The maximum Gasteiger partial charge on any atom is 0.244 e. The molecule has 0 spiro atoms. The van der Waals surface area contributed by atoms with Crippen molar-refractivity contribution in [1.29, 1.82) is 0 Å². The average molecular weight is 352 g/mol. The second kappa shape index (κ2) is 7.23. The highest BCUT2D eigenvalue weighted by Crippen LogP contribution is 2.31. The summed E-state index contributed by atoms with van der Waals surface area (Å²) in [6.45, 7) is 2.48. The van der Waals surface area contributed by atoms with Crippen molar-refractivity contribution >= 4 is 27.9 Å². The summed E-state index contributed by atoms with van der Waals surface area (Å²) in [6, 6.07) is 7.75. The summed E-state index contributed by atoms with van der Waals surface area (Å²) in [4.78, 5) is 11.8. The van der Waals surface area contributed by atoms with Gasteiger partial charge < -0.3 is 10.4 Å². The van der Waals surface area contributed by atoms with Crippen LogP contribution in [-0.2, 0) is 4.79 Å². The third-order valence-corrected chi connectivity index (χ3v) is 4.43. The lowest BCUT2D eigenvalue weighted by atomic mass is 9.79. The van der Waals surface area contributed by atoms with Crippen LogP contribution >= 0.6 is 15.9 Å². The standard InChI is InChI=1S/C17H22BrNO2/c1-13-4-3-9-17(21,11-13)12-19-16(20)8-7-14-5-2-6-15(18)10-14/h2,5-8,10,13,21H,3-4,9,11-12H2,1H3,(H,19,20). The second-order valence-electron chi connectivity index (χ2n) is 6.03. The van der Waals surface area contributed by atoms with E-state index in [0.29, 0.717) is 12.5 Å². The van der Waals surface area contributed by atoms with Gasteiger partial charge >= 0.3 is 0 Å². The topological polar surface area (TPSA) is 49.3 Å². The maximum absolute atomic E-state index is 11.8. The van der Waals surface area contributed by atoms with E-state index in [1.54, 1.807) is 6.08 Å². The first kappa shape index (κ1) is 16.2. The summed E-state index contributed by atoms with van der Waals surface area (Å²) in [5.41, 5.74) is 0.223. The Bertz CT molecular complexity index is 529. The molecule has 1 saturated carbocycles. The molecular weight excluding hydrogens is 330 g/mol. The molecule has 0 bridgehead atoms. The predicted molar refractivity (Wildman–Crippen MR) is 88.8 cm³/mol. The summed E-state index contributed by atoms with van der Waals surface area (Å²) >= 11 is 3.40. The molecule has 1 aliphatic carbocycles. The number of hydrogen-bond donors (Lipinski definition) is 2. The zero-order valence-corrected chi connectivity index (χ0v) is 13.9. The van der Waals surface area contributed by atoms with Gasteiger partial charge in [-0.2, -0.15) is 0 Å². The fourth-order valence-electron chi connectivity index (χ4n) is 2.89. The Morgan fingerprint density at radius 2 is 2.38 bits per heavy atom. The minimum absolute atomic E-state index is 0.165. The van der Waals surface area contributed by atoms with Gasteiger partial charge in [0, 0.05) is 17.1 Å².